The molecule has 0 spiro atoms. The number of hydrogen-bond acceptors (Lipinski definition) is 2. The van der Waals surface area contributed by atoms with Gasteiger partial charge in [0.2, 0.25) is 0 Å². The maximum Gasteiger partial charge on any atom is 0.141 e. The van der Waals surface area contributed by atoms with Crippen LogP contribution in [0, 0.1) is 11.7 Å². The van der Waals surface area contributed by atoms with E-state index in [9.17, 15) is 4.39 Å². The molecule has 1 aliphatic rings. The summed E-state index contributed by atoms with van der Waals surface area (Å²) in [5.74, 6) is 0.234. The van der Waals surface area contributed by atoms with Gasteiger partial charge in [-0.3, -0.25) is 0 Å². The van der Waals surface area contributed by atoms with Crippen molar-refractivity contribution >= 4 is 28.9 Å². The molecule has 0 aliphatic carbocycles. The van der Waals surface area contributed by atoms with Gasteiger partial charge in [0.25, 0.3) is 0 Å². The number of anilines is 1. The van der Waals surface area contributed by atoms with E-state index in [1.807, 2.05) is 24.3 Å². The molecule has 0 bridgehead atoms. The zero-order chi connectivity index (χ0) is 15.5. The molecule has 0 aromatic heterocycles. The summed E-state index contributed by atoms with van der Waals surface area (Å²) in [4.78, 5) is 2.26. The Labute approximate surface area is 139 Å². The highest BCUT2D eigenvalue weighted by molar-refractivity contribution is 6.31. The normalized spacial score (nSPS) is 14.7. The van der Waals surface area contributed by atoms with Crippen LogP contribution in [0.25, 0.3) is 0 Å². The predicted octanol–water partition coefficient (Wildman–Crippen LogP) is 4.36. The summed E-state index contributed by atoms with van der Waals surface area (Å²) in [7, 11) is 0. The fraction of sp³-hybridized carbons (Fsp3) is 0.294. The number of hydrogen-bond donors (Lipinski definition) is 1. The van der Waals surface area contributed by atoms with Crippen molar-refractivity contribution in [2.24, 2.45) is 5.92 Å². The minimum Gasteiger partial charge on any atom is -0.367 e. The van der Waals surface area contributed by atoms with Gasteiger partial charge in [0.15, 0.2) is 0 Å². The second-order valence-electron chi connectivity index (χ2n) is 5.63. The van der Waals surface area contributed by atoms with Crippen LogP contribution in [0.15, 0.2) is 42.5 Å². The van der Waals surface area contributed by atoms with Gasteiger partial charge in [0.1, 0.15) is 5.82 Å². The van der Waals surface area contributed by atoms with Crippen molar-refractivity contribution in [3.8, 4) is 0 Å². The molecule has 1 saturated heterocycles. The van der Waals surface area contributed by atoms with E-state index in [2.05, 4.69) is 10.2 Å². The third kappa shape index (κ3) is 3.72. The molecular weight excluding hydrogens is 322 g/mol. The van der Waals surface area contributed by atoms with E-state index in [0.29, 0.717) is 17.5 Å². The molecule has 0 unspecified atom stereocenters. The SMILES string of the molecule is Fc1ccc(CN(CC2CNC2)c2cccc(Cl)c2)cc1Cl. The van der Waals surface area contributed by atoms with E-state index in [-0.39, 0.29) is 10.8 Å². The summed E-state index contributed by atoms with van der Waals surface area (Å²) in [6.45, 7) is 3.67. The van der Waals surface area contributed by atoms with Crippen LogP contribution >= 0.6 is 23.2 Å². The third-order valence-electron chi connectivity index (χ3n) is 3.88. The first-order chi connectivity index (χ1) is 10.6. The highest BCUT2D eigenvalue weighted by Crippen LogP contribution is 2.25. The monoisotopic (exact) mass is 338 g/mol. The first-order valence-electron chi connectivity index (χ1n) is 7.27. The minimum absolute atomic E-state index is 0.161. The van der Waals surface area contributed by atoms with Crippen molar-refractivity contribution < 1.29 is 4.39 Å². The first-order valence-corrected chi connectivity index (χ1v) is 8.02. The number of nitrogens with one attached hydrogen (secondary N) is 1. The average Bonchev–Trinajstić information content (AvgIpc) is 2.45. The Kier molecular flexibility index (Phi) is 4.87. The molecule has 1 N–H and O–H groups in total. The lowest BCUT2D eigenvalue weighted by Crippen LogP contribution is -2.48. The van der Waals surface area contributed by atoms with Crippen LogP contribution in [0.2, 0.25) is 10.0 Å². The van der Waals surface area contributed by atoms with Gasteiger partial charge in [-0.05, 0) is 35.9 Å². The van der Waals surface area contributed by atoms with Crippen LogP contribution in [0.3, 0.4) is 0 Å². The number of nitrogens with zero attached hydrogens (tertiary/aromatic N) is 1. The van der Waals surface area contributed by atoms with Gasteiger partial charge >= 0.3 is 0 Å². The Balaban J connectivity index is 1.82. The highest BCUT2D eigenvalue weighted by atomic mass is 35.5. The molecule has 0 amide bonds. The minimum atomic E-state index is -0.386. The van der Waals surface area contributed by atoms with Crippen LogP contribution in [-0.4, -0.2) is 19.6 Å². The van der Waals surface area contributed by atoms with Crippen LogP contribution in [0.5, 0.6) is 0 Å². The number of benzene rings is 2. The Morgan fingerprint density at radius 1 is 1.14 bits per heavy atom. The topological polar surface area (TPSA) is 15.3 Å². The van der Waals surface area contributed by atoms with Crippen molar-refractivity contribution in [2.75, 3.05) is 24.5 Å². The summed E-state index contributed by atoms with van der Waals surface area (Å²) >= 11 is 12.0. The molecule has 1 heterocycles. The van der Waals surface area contributed by atoms with E-state index in [1.165, 1.54) is 6.07 Å². The fourth-order valence-corrected chi connectivity index (χ4v) is 2.97. The van der Waals surface area contributed by atoms with Crippen molar-refractivity contribution in [1.82, 2.24) is 5.32 Å². The Morgan fingerprint density at radius 2 is 1.95 bits per heavy atom. The summed E-state index contributed by atoms with van der Waals surface area (Å²) < 4.78 is 13.3. The van der Waals surface area contributed by atoms with Gasteiger partial charge in [0.05, 0.1) is 5.02 Å². The summed E-state index contributed by atoms with van der Waals surface area (Å²) in [6, 6.07) is 12.7. The van der Waals surface area contributed by atoms with E-state index in [4.69, 9.17) is 23.2 Å². The molecule has 0 saturated carbocycles. The Hall–Kier alpha value is -1.29. The molecule has 5 heteroatoms. The Bertz CT molecular complexity index is 659. The molecule has 2 aromatic carbocycles. The second-order valence-corrected chi connectivity index (χ2v) is 6.48. The standard InChI is InChI=1S/C17H17Cl2FN2/c18-14-2-1-3-15(7-14)22(11-13-8-21-9-13)10-12-4-5-17(20)16(19)6-12/h1-7,13,21H,8-11H2. The summed E-state index contributed by atoms with van der Waals surface area (Å²) in [5.41, 5.74) is 2.05. The van der Waals surface area contributed by atoms with Crippen LogP contribution in [0.1, 0.15) is 5.56 Å². The fourth-order valence-electron chi connectivity index (χ4n) is 2.58. The third-order valence-corrected chi connectivity index (χ3v) is 4.40. The van der Waals surface area contributed by atoms with E-state index in [1.54, 1.807) is 12.1 Å². The van der Waals surface area contributed by atoms with Crippen molar-refractivity contribution in [3.05, 3.63) is 63.9 Å². The zero-order valence-corrected chi connectivity index (χ0v) is 13.5. The molecule has 1 aliphatic heterocycles. The molecule has 22 heavy (non-hydrogen) atoms. The lowest BCUT2D eigenvalue weighted by atomic mass is 10.0. The van der Waals surface area contributed by atoms with Crippen molar-refractivity contribution in [1.29, 1.82) is 0 Å². The first kappa shape index (κ1) is 15.6. The zero-order valence-electron chi connectivity index (χ0n) is 12.0. The van der Waals surface area contributed by atoms with Gasteiger partial charge in [-0.1, -0.05) is 35.3 Å². The van der Waals surface area contributed by atoms with Crippen LogP contribution < -0.4 is 10.2 Å². The number of rotatable bonds is 5. The van der Waals surface area contributed by atoms with Crippen LogP contribution in [0.4, 0.5) is 10.1 Å². The van der Waals surface area contributed by atoms with Crippen molar-refractivity contribution in [3.63, 3.8) is 0 Å². The largest absolute Gasteiger partial charge is 0.367 e. The smallest absolute Gasteiger partial charge is 0.141 e. The molecule has 1 fully saturated rings. The molecule has 0 atom stereocenters. The molecule has 3 rings (SSSR count). The maximum absolute atomic E-state index is 13.3. The molecule has 2 nitrogen and oxygen atoms in total. The van der Waals surface area contributed by atoms with Gasteiger partial charge in [0, 0.05) is 42.8 Å². The van der Waals surface area contributed by atoms with E-state index < -0.39 is 0 Å². The molecule has 2 aromatic rings. The highest BCUT2D eigenvalue weighted by Gasteiger charge is 2.21. The van der Waals surface area contributed by atoms with Gasteiger partial charge in [-0.2, -0.15) is 0 Å². The predicted molar refractivity (Wildman–Crippen MR) is 90.3 cm³/mol. The van der Waals surface area contributed by atoms with Gasteiger partial charge in [-0.25, -0.2) is 4.39 Å². The van der Waals surface area contributed by atoms with E-state index in [0.717, 1.165) is 30.9 Å². The lowest BCUT2D eigenvalue weighted by molar-refractivity contribution is 0.348. The second kappa shape index (κ2) is 6.86. The quantitative estimate of drug-likeness (QED) is 0.871. The molecular formula is C17H17Cl2FN2. The van der Waals surface area contributed by atoms with Crippen molar-refractivity contribution in [2.45, 2.75) is 6.54 Å². The molecule has 0 radical (unpaired) electrons. The van der Waals surface area contributed by atoms with Crippen LogP contribution in [-0.2, 0) is 6.54 Å². The van der Waals surface area contributed by atoms with Gasteiger partial charge in [-0.15, -0.1) is 0 Å². The Morgan fingerprint density at radius 3 is 2.59 bits per heavy atom. The maximum atomic E-state index is 13.3. The summed E-state index contributed by atoms with van der Waals surface area (Å²) in [6.07, 6.45) is 0. The molecule has 116 valence electrons. The number of halogens is 3. The summed E-state index contributed by atoms with van der Waals surface area (Å²) in [5, 5.41) is 4.16. The van der Waals surface area contributed by atoms with E-state index >= 15 is 0 Å². The lowest BCUT2D eigenvalue weighted by Gasteiger charge is -2.34. The average molecular weight is 339 g/mol. The van der Waals surface area contributed by atoms with Gasteiger partial charge < -0.3 is 10.2 Å².